The fourth-order valence-corrected chi connectivity index (χ4v) is 10.1. The van der Waals surface area contributed by atoms with E-state index < -0.39 is 7.82 Å². The highest BCUT2D eigenvalue weighted by Gasteiger charge is 2.38. The van der Waals surface area contributed by atoms with Gasteiger partial charge in [0.25, 0.3) is 0 Å². The van der Waals surface area contributed by atoms with Crippen LogP contribution in [-0.2, 0) is 4.57 Å². The van der Waals surface area contributed by atoms with Crippen molar-refractivity contribution in [3.63, 3.8) is 0 Å². The van der Waals surface area contributed by atoms with Gasteiger partial charge in [0.05, 0.1) is 0 Å². The molecule has 5 heteroatoms. The minimum atomic E-state index is -4.85. The van der Waals surface area contributed by atoms with Crippen molar-refractivity contribution >= 4 is 24.5 Å². The van der Waals surface area contributed by atoms with Gasteiger partial charge in [-0.3, -0.25) is 0 Å². The van der Waals surface area contributed by atoms with E-state index in [4.69, 9.17) is 13.6 Å². The zero-order chi connectivity index (χ0) is 47.2. The number of phosphoric ester groups is 1. The zero-order valence-corrected chi connectivity index (χ0v) is 39.4. The molecule has 0 amide bonds. The van der Waals surface area contributed by atoms with Crippen molar-refractivity contribution < 1.29 is 18.1 Å². The van der Waals surface area contributed by atoms with E-state index in [2.05, 4.69) is 56.1 Å². The van der Waals surface area contributed by atoms with Crippen LogP contribution in [0.2, 0.25) is 0 Å². The van der Waals surface area contributed by atoms with E-state index >= 15 is 4.57 Å². The molecule has 0 radical (unpaired) electrons. The Labute approximate surface area is 400 Å². The standard InChI is InChI=1S/C63H51O4P/c1-43(2)52-37-40-55(61(49-31-19-10-20-32-49)58(52)46-25-13-7-14-26-46)65-68(64,66-56-41-38-53(44(3)4)59(47-27-15-8-16-28-47)62(56)50-33-21-11-22-34-50)67-57-42-39-54(45(5)6)60(48-29-17-9-18-30-48)63(57)51-35-23-12-24-36-51/h7-42H,1,3,5H2,2,4,6H3. The summed E-state index contributed by atoms with van der Waals surface area (Å²) in [4.78, 5) is 0. The molecule has 0 bridgehead atoms. The molecule has 0 saturated carbocycles. The van der Waals surface area contributed by atoms with Crippen molar-refractivity contribution in [3.05, 3.63) is 255 Å². The van der Waals surface area contributed by atoms with Crippen LogP contribution in [0.1, 0.15) is 37.5 Å². The number of hydrogen-bond acceptors (Lipinski definition) is 4. The Morgan fingerprint density at radius 3 is 0.676 bits per heavy atom. The van der Waals surface area contributed by atoms with Gasteiger partial charge in [-0.1, -0.05) is 237 Å². The van der Waals surface area contributed by atoms with Crippen LogP contribution in [0.5, 0.6) is 17.2 Å². The minimum absolute atomic E-state index is 0.301. The van der Waals surface area contributed by atoms with Crippen molar-refractivity contribution in [2.75, 3.05) is 0 Å². The predicted molar refractivity (Wildman–Crippen MR) is 286 cm³/mol. The number of phosphoric acid groups is 1. The van der Waals surface area contributed by atoms with E-state index in [1.807, 2.05) is 203 Å². The minimum Gasteiger partial charge on any atom is -0.385 e. The topological polar surface area (TPSA) is 44.8 Å². The second-order valence-electron chi connectivity index (χ2n) is 16.8. The first-order valence-electron chi connectivity index (χ1n) is 22.6. The number of rotatable bonds is 15. The van der Waals surface area contributed by atoms with Crippen molar-refractivity contribution in [3.8, 4) is 84.0 Å². The second-order valence-corrected chi connectivity index (χ2v) is 18.3. The Morgan fingerprint density at radius 2 is 0.485 bits per heavy atom. The molecule has 0 atom stereocenters. The summed E-state index contributed by atoms with van der Waals surface area (Å²) in [6, 6.07) is 71.7. The Morgan fingerprint density at radius 1 is 0.294 bits per heavy atom. The van der Waals surface area contributed by atoms with E-state index in [-0.39, 0.29) is 0 Å². The number of benzene rings is 9. The third-order valence-corrected chi connectivity index (χ3v) is 13.1. The first-order valence-corrected chi connectivity index (χ1v) is 24.1. The molecule has 0 aromatic heterocycles. The fraction of sp³-hybridized carbons (Fsp3) is 0.0476. The summed E-state index contributed by atoms with van der Waals surface area (Å²) in [6.07, 6.45) is 0. The maximum absolute atomic E-state index is 16.8. The van der Waals surface area contributed by atoms with E-state index in [1.165, 1.54) is 0 Å². The molecule has 0 aliphatic heterocycles. The SMILES string of the molecule is C=C(C)c1ccc(OP(=O)(Oc2ccc(C(=C)C)c(-c3ccccc3)c2-c2ccccc2)Oc2ccc(C(=C)C)c(-c3ccccc3)c2-c2ccccc2)c(-c2ccccc2)c1-c1ccccc1. The van der Waals surface area contributed by atoms with Gasteiger partial charge in [-0.05, 0) is 89.0 Å². The molecule has 0 N–H and O–H groups in total. The van der Waals surface area contributed by atoms with Gasteiger partial charge in [-0.2, -0.15) is 4.57 Å². The van der Waals surface area contributed by atoms with Gasteiger partial charge in [-0.25, -0.2) is 0 Å². The van der Waals surface area contributed by atoms with Crippen LogP contribution in [0.3, 0.4) is 0 Å². The second kappa shape index (κ2) is 19.7. The molecule has 0 saturated heterocycles. The van der Waals surface area contributed by atoms with Gasteiger partial charge in [0.1, 0.15) is 17.2 Å². The molecular formula is C63H51O4P. The van der Waals surface area contributed by atoms with Crippen molar-refractivity contribution in [1.82, 2.24) is 0 Å². The maximum atomic E-state index is 16.8. The Bertz CT molecular complexity index is 2970. The third kappa shape index (κ3) is 9.28. The smallest absolute Gasteiger partial charge is 0.385 e. The highest BCUT2D eigenvalue weighted by atomic mass is 31.2. The molecule has 0 heterocycles. The molecular weight excluding hydrogens is 852 g/mol. The van der Waals surface area contributed by atoms with E-state index in [1.54, 1.807) is 0 Å². The van der Waals surface area contributed by atoms with Crippen LogP contribution in [0.4, 0.5) is 0 Å². The van der Waals surface area contributed by atoms with Crippen LogP contribution in [-0.4, -0.2) is 0 Å². The summed E-state index contributed by atoms with van der Waals surface area (Å²) in [5.74, 6) is 0.902. The van der Waals surface area contributed by atoms with Gasteiger partial charge in [0.15, 0.2) is 0 Å². The van der Waals surface area contributed by atoms with Gasteiger partial charge < -0.3 is 13.6 Å². The molecule has 0 aliphatic carbocycles. The Kier molecular flexibility index (Phi) is 13.1. The van der Waals surface area contributed by atoms with Gasteiger partial charge >= 0.3 is 7.82 Å². The predicted octanol–water partition coefficient (Wildman–Crippen LogP) is 18.4. The van der Waals surface area contributed by atoms with Gasteiger partial charge in [0.2, 0.25) is 0 Å². The van der Waals surface area contributed by atoms with Crippen LogP contribution in [0.25, 0.3) is 83.5 Å². The molecule has 0 unspecified atom stereocenters. The summed E-state index contributed by atoms with van der Waals surface area (Å²) in [5.41, 5.74) is 15.5. The Hall–Kier alpha value is -8.17. The van der Waals surface area contributed by atoms with Crippen LogP contribution >= 0.6 is 7.82 Å². The largest absolute Gasteiger partial charge is 0.647 e. The fourth-order valence-electron chi connectivity index (χ4n) is 8.85. The van der Waals surface area contributed by atoms with Crippen molar-refractivity contribution in [2.45, 2.75) is 20.8 Å². The van der Waals surface area contributed by atoms with E-state index in [0.29, 0.717) is 33.9 Å². The van der Waals surface area contributed by atoms with E-state index in [9.17, 15) is 0 Å². The third-order valence-electron chi connectivity index (χ3n) is 11.9. The number of allylic oxidation sites excluding steroid dienone is 3. The normalized spacial score (nSPS) is 11.1. The molecule has 9 rings (SSSR count). The average Bonchev–Trinajstić information content (AvgIpc) is 3.37. The molecule has 4 nitrogen and oxygen atoms in total. The summed E-state index contributed by atoms with van der Waals surface area (Å²) in [7, 11) is -4.85. The van der Waals surface area contributed by atoms with Gasteiger partial charge in [-0.15, -0.1) is 0 Å². The zero-order valence-electron chi connectivity index (χ0n) is 38.5. The molecule has 0 spiro atoms. The summed E-state index contributed by atoms with van der Waals surface area (Å²) in [6.45, 7) is 19.1. The molecule has 0 aliphatic rings. The highest BCUT2D eigenvalue weighted by molar-refractivity contribution is 7.49. The lowest BCUT2D eigenvalue weighted by molar-refractivity contribution is 0.299. The Balaban J connectivity index is 1.35. The van der Waals surface area contributed by atoms with Crippen LogP contribution in [0.15, 0.2) is 238 Å². The average molecular weight is 903 g/mol. The lowest BCUT2D eigenvalue weighted by Gasteiger charge is -2.27. The summed E-state index contributed by atoms with van der Waals surface area (Å²) < 4.78 is 38.0. The molecule has 332 valence electrons. The van der Waals surface area contributed by atoms with Crippen molar-refractivity contribution in [2.24, 2.45) is 0 Å². The quantitative estimate of drug-likeness (QED) is 0.0962. The molecule has 9 aromatic carbocycles. The van der Waals surface area contributed by atoms with E-state index in [0.717, 1.165) is 83.5 Å². The lowest BCUT2D eigenvalue weighted by atomic mass is 9.87. The molecule has 9 aromatic rings. The monoisotopic (exact) mass is 902 g/mol. The van der Waals surface area contributed by atoms with Gasteiger partial charge in [0, 0.05) is 33.4 Å². The highest BCUT2D eigenvalue weighted by Crippen LogP contribution is 2.58. The first kappa shape index (κ1) is 45.0. The van der Waals surface area contributed by atoms with Crippen LogP contribution in [0, 0.1) is 0 Å². The maximum Gasteiger partial charge on any atom is 0.647 e. The summed E-state index contributed by atoms with van der Waals surface area (Å²) >= 11 is 0. The first-order chi connectivity index (χ1) is 33.1. The molecule has 68 heavy (non-hydrogen) atoms. The number of hydrogen-bond donors (Lipinski definition) is 0. The lowest BCUT2D eigenvalue weighted by Crippen LogP contribution is -2.11. The van der Waals surface area contributed by atoms with Crippen molar-refractivity contribution in [1.29, 1.82) is 0 Å². The van der Waals surface area contributed by atoms with Crippen LogP contribution < -0.4 is 13.6 Å². The molecule has 0 fully saturated rings. The summed E-state index contributed by atoms with van der Waals surface area (Å²) in [5, 5.41) is 0.